The van der Waals surface area contributed by atoms with Crippen molar-refractivity contribution in [1.29, 1.82) is 0 Å². The molecule has 0 aliphatic carbocycles. The van der Waals surface area contributed by atoms with Crippen LogP contribution in [0.4, 0.5) is 0 Å². The first kappa shape index (κ1) is 8.43. The Hall–Kier alpha value is -0.570. The SMILES string of the molecule is C=COC(=O)CC(=C)Br. The summed E-state index contributed by atoms with van der Waals surface area (Å²) < 4.78 is 4.99. The molecule has 0 aromatic rings. The summed E-state index contributed by atoms with van der Waals surface area (Å²) >= 11 is 3.02. The third-order valence-electron chi connectivity index (χ3n) is 0.551. The van der Waals surface area contributed by atoms with Gasteiger partial charge in [-0.2, -0.15) is 0 Å². The highest BCUT2D eigenvalue weighted by Gasteiger charge is 1.99. The van der Waals surface area contributed by atoms with Gasteiger partial charge in [0.15, 0.2) is 0 Å². The van der Waals surface area contributed by atoms with Gasteiger partial charge in [0.25, 0.3) is 0 Å². The van der Waals surface area contributed by atoms with Gasteiger partial charge < -0.3 is 4.74 Å². The lowest BCUT2D eigenvalue weighted by Gasteiger charge is -1.94. The maximum atomic E-state index is 10.5. The Bertz CT molecular complexity index is 140. The van der Waals surface area contributed by atoms with Crippen molar-refractivity contribution in [3.63, 3.8) is 0 Å². The van der Waals surface area contributed by atoms with Crippen LogP contribution < -0.4 is 0 Å². The van der Waals surface area contributed by atoms with E-state index in [1.54, 1.807) is 0 Å². The third-order valence-corrected chi connectivity index (χ3v) is 0.831. The second-order valence-electron chi connectivity index (χ2n) is 1.35. The molecule has 0 bridgehead atoms. The lowest BCUT2D eigenvalue weighted by atomic mass is 10.4. The number of carbonyl (C=O) groups excluding carboxylic acids is 1. The van der Waals surface area contributed by atoms with Crippen LogP contribution in [0.2, 0.25) is 0 Å². The molecule has 2 nitrogen and oxygen atoms in total. The quantitative estimate of drug-likeness (QED) is 0.503. The number of rotatable bonds is 3. The molecule has 0 saturated carbocycles. The molecule has 0 amide bonds. The van der Waals surface area contributed by atoms with Gasteiger partial charge in [0, 0.05) is 0 Å². The Labute approximate surface area is 62.3 Å². The van der Waals surface area contributed by atoms with Crippen LogP contribution in [0.1, 0.15) is 6.42 Å². The second-order valence-corrected chi connectivity index (χ2v) is 2.47. The van der Waals surface area contributed by atoms with Crippen LogP contribution >= 0.6 is 15.9 Å². The number of carbonyl (C=O) groups is 1. The lowest BCUT2D eigenvalue weighted by Crippen LogP contribution is -1.97. The van der Waals surface area contributed by atoms with Crippen molar-refractivity contribution in [2.24, 2.45) is 0 Å². The standard InChI is InChI=1S/C6H7BrO2/c1-3-9-6(8)4-5(2)7/h3H,1-2,4H2. The van der Waals surface area contributed by atoms with E-state index >= 15 is 0 Å². The summed E-state index contributed by atoms with van der Waals surface area (Å²) in [5, 5.41) is 0. The predicted molar refractivity (Wildman–Crippen MR) is 39.0 cm³/mol. The molecule has 0 N–H and O–H groups in total. The summed E-state index contributed by atoms with van der Waals surface area (Å²) in [6.07, 6.45) is 1.28. The predicted octanol–water partition coefficient (Wildman–Crippen LogP) is 1.97. The van der Waals surface area contributed by atoms with Gasteiger partial charge in [-0.05, 0) is 4.48 Å². The van der Waals surface area contributed by atoms with Crippen LogP contribution in [-0.2, 0) is 9.53 Å². The summed E-state index contributed by atoms with van der Waals surface area (Å²) in [4.78, 5) is 10.5. The molecule has 0 heterocycles. The van der Waals surface area contributed by atoms with E-state index < -0.39 is 0 Å². The summed E-state index contributed by atoms with van der Waals surface area (Å²) in [5.41, 5.74) is 0. The zero-order chi connectivity index (χ0) is 7.28. The molecule has 0 aliphatic rings. The van der Waals surface area contributed by atoms with Crippen molar-refractivity contribution < 1.29 is 9.53 Å². The molecule has 0 fully saturated rings. The van der Waals surface area contributed by atoms with Crippen molar-refractivity contribution in [1.82, 2.24) is 0 Å². The first-order valence-corrected chi connectivity index (χ1v) is 3.09. The third kappa shape index (κ3) is 5.30. The number of hydrogen-bond donors (Lipinski definition) is 0. The molecule has 3 heteroatoms. The number of esters is 1. The van der Waals surface area contributed by atoms with E-state index in [1.807, 2.05) is 0 Å². The van der Waals surface area contributed by atoms with Crippen LogP contribution in [-0.4, -0.2) is 5.97 Å². The molecule has 0 rings (SSSR count). The Morgan fingerprint density at radius 3 is 2.67 bits per heavy atom. The van der Waals surface area contributed by atoms with Crippen LogP contribution in [0.3, 0.4) is 0 Å². The number of halogens is 1. The zero-order valence-corrected chi connectivity index (χ0v) is 6.48. The summed E-state index contributed by atoms with van der Waals surface area (Å²) in [6, 6.07) is 0. The van der Waals surface area contributed by atoms with E-state index in [-0.39, 0.29) is 12.4 Å². The van der Waals surface area contributed by atoms with E-state index in [0.717, 1.165) is 6.26 Å². The molecule has 0 radical (unpaired) electrons. The molecule has 0 aromatic heterocycles. The number of ether oxygens (including phenoxy) is 1. The molecule has 0 aromatic carbocycles. The monoisotopic (exact) mass is 190 g/mol. The minimum Gasteiger partial charge on any atom is -0.435 e. The Morgan fingerprint density at radius 2 is 2.33 bits per heavy atom. The highest BCUT2D eigenvalue weighted by atomic mass is 79.9. The average Bonchev–Trinajstić information content (AvgIpc) is 1.63. The lowest BCUT2D eigenvalue weighted by molar-refractivity contribution is -0.136. The van der Waals surface area contributed by atoms with E-state index in [4.69, 9.17) is 0 Å². The Balaban J connectivity index is 3.50. The van der Waals surface area contributed by atoms with E-state index in [1.165, 1.54) is 0 Å². The highest BCUT2D eigenvalue weighted by molar-refractivity contribution is 9.11. The van der Waals surface area contributed by atoms with Crippen molar-refractivity contribution in [2.45, 2.75) is 6.42 Å². The van der Waals surface area contributed by atoms with Crippen molar-refractivity contribution in [3.8, 4) is 0 Å². The van der Waals surface area contributed by atoms with Gasteiger partial charge in [-0.15, -0.1) is 0 Å². The van der Waals surface area contributed by atoms with Crippen LogP contribution in [0.15, 0.2) is 23.9 Å². The van der Waals surface area contributed by atoms with Gasteiger partial charge >= 0.3 is 5.97 Å². The number of hydrogen-bond acceptors (Lipinski definition) is 2. The van der Waals surface area contributed by atoms with E-state index in [0.29, 0.717) is 4.48 Å². The van der Waals surface area contributed by atoms with E-state index in [2.05, 4.69) is 33.8 Å². The van der Waals surface area contributed by atoms with Gasteiger partial charge in [0.05, 0.1) is 12.7 Å². The molecule has 0 unspecified atom stereocenters. The van der Waals surface area contributed by atoms with Gasteiger partial charge in [0.2, 0.25) is 0 Å². The van der Waals surface area contributed by atoms with Gasteiger partial charge in [-0.25, -0.2) is 0 Å². The average molecular weight is 191 g/mol. The maximum absolute atomic E-state index is 10.5. The fraction of sp³-hybridized carbons (Fsp3) is 0.167. The molecule has 0 aliphatic heterocycles. The Kier molecular flexibility index (Phi) is 4.05. The van der Waals surface area contributed by atoms with Crippen LogP contribution in [0, 0.1) is 0 Å². The minimum atomic E-state index is -0.355. The van der Waals surface area contributed by atoms with Gasteiger partial charge in [0.1, 0.15) is 0 Å². The molecule has 0 spiro atoms. The van der Waals surface area contributed by atoms with Crippen molar-refractivity contribution in [3.05, 3.63) is 23.9 Å². The largest absolute Gasteiger partial charge is 0.435 e. The Morgan fingerprint density at radius 1 is 1.78 bits per heavy atom. The minimum absolute atomic E-state index is 0.187. The molecule has 9 heavy (non-hydrogen) atoms. The van der Waals surface area contributed by atoms with Crippen LogP contribution in [0.25, 0.3) is 0 Å². The van der Waals surface area contributed by atoms with Crippen molar-refractivity contribution >= 4 is 21.9 Å². The summed E-state index contributed by atoms with van der Waals surface area (Å²) in [7, 11) is 0. The second kappa shape index (κ2) is 4.32. The van der Waals surface area contributed by atoms with E-state index in [9.17, 15) is 4.79 Å². The summed E-state index contributed by atoms with van der Waals surface area (Å²) in [6.45, 7) is 6.68. The fourth-order valence-corrected chi connectivity index (χ4v) is 0.520. The zero-order valence-electron chi connectivity index (χ0n) is 4.89. The normalized spacial score (nSPS) is 8.11. The van der Waals surface area contributed by atoms with Gasteiger partial charge in [-0.1, -0.05) is 29.1 Å². The smallest absolute Gasteiger partial charge is 0.315 e. The first-order chi connectivity index (χ1) is 4.16. The maximum Gasteiger partial charge on any atom is 0.315 e. The fourth-order valence-electron chi connectivity index (χ4n) is 0.291. The molecular weight excluding hydrogens is 184 g/mol. The van der Waals surface area contributed by atoms with Crippen LogP contribution in [0.5, 0.6) is 0 Å². The van der Waals surface area contributed by atoms with Crippen molar-refractivity contribution in [2.75, 3.05) is 0 Å². The van der Waals surface area contributed by atoms with Gasteiger partial charge in [-0.3, -0.25) is 4.79 Å². The first-order valence-electron chi connectivity index (χ1n) is 2.30. The highest BCUT2D eigenvalue weighted by Crippen LogP contribution is 2.06. The topological polar surface area (TPSA) is 26.3 Å². The molecule has 0 saturated heterocycles. The molecule has 0 atom stereocenters. The molecule has 50 valence electrons. The molecular formula is C6H7BrO2. The summed E-state index contributed by atoms with van der Waals surface area (Å²) in [5.74, 6) is -0.355.